The maximum atomic E-state index is 10.8. The van der Waals surface area contributed by atoms with E-state index in [1.807, 2.05) is 20.8 Å². The number of aromatic nitrogens is 4. The van der Waals surface area contributed by atoms with E-state index in [-0.39, 0.29) is 11.2 Å². The highest BCUT2D eigenvalue weighted by molar-refractivity contribution is 5.76. The molecule has 1 aromatic carbocycles. The zero-order valence-corrected chi connectivity index (χ0v) is 12.5. The van der Waals surface area contributed by atoms with Crippen LogP contribution in [-0.2, 0) is 0 Å². The number of aromatic amines is 1. The number of imidazole rings is 1. The van der Waals surface area contributed by atoms with Gasteiger partial charge in [-0.05, 0) is 32.9 Å². The van der Waals surface area contributed by atoms with E-state index in [0.29, 0.717) is 11.5 Å². The molecule has 8 nitrogen and oxygen atoms in total. The van der Waals surface area contributed by atoms with E-state index in [4.69, 9.17) is 0 Å². The van der Waals surface area contributed by atoms with Gasteiger partial charge in [0.15, 0.2) is 5.82 Å². The van der Waals surface area contributed by atoms with Crippen LogP contribution in [0.1, 0.15) is 20.8 Å². The number of nitro benzene ring substituents is 1. The first-order valence-corrected chi connectivity index (χ1v) is 6.80. The minimum atomic E-state index is -0.420. The van der Waals surface area contributed by atoms with Crippen LogP contribution in [0.3, 0.4) is 0 Å². The molecule has 0 amide bonds. The SMILES string of the molecule is CC(C)(C)Nc1c(-c2ccc([N+](=O)[O-])cc2)nc2nc[nH]n12. The molecule has 2 aromatic heterocycles. The number of H-pyrrole nitrogens is 1. The van der Waals surface area contributed by atoms with Crippen molar-refractivity contribution < 1.29 is 4.92 Å². The first-order valence-electron chi connectivity index (χ1n) is 6.80. The van der Waals surface area contributed by atoms with Gasteiger partial charge in [-0.15, -0.1) is 0 Å². The van der Waals surface area contributed by atoms with Crippen LogP contribution in [0.4, 0.5) is 11.5 Å². The third kappa shape index (κ3) is 2.50. The van der Waals surface area contributed by atoms with Crippen molar-refractivity contribution in [2.24, 2.45) is 0 Å². The summed E-state index contributed by atoms with van der Waals surface area (Å²) < 4.78 is 1.75. The summed E-state index contributed by atoms with van der Waals surface area (Å²) in [7, 11) is 0. The number of nitrogens with zero attached hydrogens (tertiary/aromatic N) is 4. The number of anilines is 1. The molecule has 0 saturated carbocycles. The molecule has 0 unspecified atom stereocenters. The van der Waals surface area contributed by atoms with E-state index >= 15 is 0 Å². The van der Waals surface area contributed by atoms with Crippen molar-refractivity contribution in [3.05, 3.63) is 40.7 Å². The third-order valence-corrected chi connectivity index (χ3v) is 3.07. The van der Waals surface area contributed by atoms with Gasteiger partial charge in [-0.25, -0.2) is 14.5 Å². The fourth-order valence-electron chi connectivity index (χ4n) is 2.17. The lowest BCUT2D eigenvalue weighted by atomic mass is 10.1. The second-order valence-electron chi connectivity index (χ2n) is 6.01. The Bertz CT molecular complexity index is 825. The summed E-state index contributed by atoms with van der Waals surface area (Å²) >= 11 is 0. The molecule has 2 heterocycles. The van der Waals surface area contributed by atoms with Crippen molar-refractivity contribution in [3.8, 4) is 11.3 Å². The predicted molar refractivity (Wildman–Crippen MR) is 82.8 cm³/mol. The summed E-state index contributed by atoms with van der Waals surface area (Å²) in [6, 6.07) is 6.32. The first-order chi connectivity index (χ1) is 10.3. The largest absolute Gasteiger partial charge is 0.364 e. The van der Waals surface area contributed by atoms with E-state index in [0.717, 1.165) is 11.4 Å². The van der Waals surface area contributed by atoms with E-state index in [2.05, 4.69) is 20.4 Å². The maximum absolute atomic E-state index is 10.8. The Labute approximate surface area is 126 Å². The number of fused-ring (bicyclic) bond motifs is 1. The first kappa shape index (κ1) is 14.1. The van der Waals surface area contributed by atoms with Crippen LogP contribution >= 0.6 is 0 Å². The molecular weight excluding hydrogens is 284 g/mol. The van der Waals surface area contributed by atoms with Gasteiger partial charge >= 0.3 is 0 Å². The van der Waals surface area contributed by atoms with Gasteiger partial charge in [0.05, 0.1) is 4.92 Å². The fourth-order valence-corrected chi connectivity index (χ4v) is 2.17. The summed E-state index contributed by atoms with van der Waals surface area (Å²) in [5.74, 6) is 1.31. The summed E-state index contributed by atoms with van der Waals surface area (Å²) in [4.78, 5) is 19.0. The van der Waals surface area contributed by atoms with E-state index in [1.165, 1.54) is 12.1 Å². The topological polar surface area (TPSA) is 101 Å². The Kier molecular flexibility index (Phi) is 3.09. The smallest absolute Gasteiger partial charge is 0.269 e. The lowest BCUT2D eigenvalue weighted by Crippen LogP contribution is -2.27. The van der Waals surface area contributed by atoms with E-state index < -0.39 is 4.92 Å². The van der Waals surface area contributed by atoms with Crippen LogP contribution in [0, 0.1) is 10.1 Å². The van der Waals surface area contributed by atoms with Crippen molar-refractivity contribution in [1.29, 1.82) is 0 Å². The summed E-state index contributed by atoms with van der Waals surface area (Å²) in [5, 5.41) is 17.2. The zero-order valence-electron chi connectivity index (χ0n) is 12.5. The fraction of sp³-hybridized carbons (Fsp3) is 0.286. The molecule has 0 fully saturated rings. The summed E-state index contributed by atoms with van der Waals surface area (Å²) in [6.07, 6.45) is 1.57. The van der Waals surface area contributed by atoms with Crippen LogP contribution in [-0.4, -0.2) is 30.0 Å². The van der Waals surface area contributed by atoms with Gasteiger partial charge in [-0.2, -0.15) is 0 Å². The molecule has 0 radical (unpaired) electrons. The molecule has 22 heavy (non-hydrogen) atoms. The average Bonchev–Trinajstić information content (AvgIpc) is 3.00. The molecule has 0 bridgehead atoms. The zero-order chi connectivity index (χ0) is 15.9. The molecule has 3 aromatic rings. The van der Waals surface area contributed by atoms with Crippen molar-refractivity contribution in [3.63, 3.8) is 0 Å². The van der Waals surface area contributed by atoms with Gasteiger partial charge in [0.1, 0.15) is 12.0 Å². The number of hydrogen-bond donors (Lipinski definition) is 2. The highest BCUT2D eigenvalue weighted by Crippen LogP contribution is 2.30. The van der Waals surface area contributed by atoms with Crippen LogP contribution in [0.15, 0.2) is 30.6 Å². The highest BCUT2D eigenvalue weighted by Gasteiger charge is 2.20. The second-order valence-corrected chi connectivity index (χ2v) is 6.01. The monoisotopic (exact) mass is 300 g/mol. The van der Waals surface area contributed by atoms with Crippen molar-refractivity contribution >= 4 is 17.3 Å². The van der Waals surface area contributed by atoms with Gasteiger partial charge in [0.2, 0.25) is 0 Å². The van der Waals surface area contributed by atoms with Crippen molar-refractivity contribution in [2.45, 2.75) is 26.3 Å². The highest BCUT2D eigenvalue weighted by atomic mass is 16.6. The quantitative estimate of drug-likeness (QED) is 0.572. The van der Waals surface area contributed by atoms with Crippen molar-refractivity contribution in [2.75, 3.05) is 5.32 Å². The number of nitrogens with one attached hydrogen (secondary N) is 2. The Morgan fingerprint density at radius 3 is 2.55 bits per heavy atom. The normalized spacial score (nSPS) is 11.8. The van der Waals surface area contributed by atoms with E-state index in [9.17, 15) is 10.1 Å². The Hall–Kier alpha value is -2.90. The maximum Gasteiger partial charge on any atom is 0.269 e. The molecule has 2 N–H and O–H groups in total. The van der Waals surface area contributed by atoms with E-state index in [1.54, 1.807) is 23.0 Å². The van der Waals surface area contributed by atoms with Crippen LogP contribution in [0.5, 0.6) is 0 Å². The van der Waals surface area contributed by atoms with Gasteiger partial charge in [-0.1, -0.05) is 0 Å². The lowest BCUT2D eigenvalue weighted by molar-refractivity contribution is -0.384. The molecule has 0 aliphatic heterocycles. The van der Waals surface area contributed by atoms with Gasteiger partial charge < -0.3 is 5.32 Å². The Balaban J connectivity index is 2.11. The lowest BCUT2D eigenvalue weighted by Gasteiger charge is -2.22. The molecular formula is C14H16N6O2. The number of rotatable bonds is 3. The summed E-state index contributed by atoms with van der Waals surface area (Å²) in [5.41, 5.74) is 1.37. The Morgan fingerprint density at radius 2 is 1.95 bits per heavy atom. The molecule has 114 valence electrons. The second kappa shape index (κ2) is 4.83. The minimum Gasteiger partial charge on any atom is -0.364 e. The van der Waals surface area contributed by atoms with Gasteiger partial charge in [-0.3, -0.25) is 15.2 Å². The average molecular weight is 300 g/mol. The molecule has 8 heteroatoms. The number of non-ortho nitro benzene ring substituents is 1. The minimum absolute atomic E-state index is 0.0528. The summed E-state index contributed by atoms with van der Waals surface area (Å²) in [6.45, 7) is 6.13. The van der Waals surface area contributed by atoms with Gasteiger partial charge in [0.25, 0.3) is 11.5 Å². The predicted octanol–water partition coefficient (Wildman–Crippen LogP) is 2.84. The molecule has 0 aliphatic carbocycles. The Morgan fingerprint density at radius 1 is 1.27 bits per heavy atom. The number of hydrogen-bond acceptors (Lipinski definition) is 5. The van der Waals surface area contributed by atoms with Gasteiger partial charge in [0, 0.05) is 23.2 Å². The van der Waals surface area contributed by atoms with Crippen LogP contribution < -0.4 is 5.32 Å². The molecule has 0 aliphatic rings. The number of benzene rings is 1. The molecule has 3 rings (SSSR count). The third-order valence-electron chi connectivity index (χ3n) is 3.07. The molecule has 0 atom stereocenters. The molecule has 0 spiro atoms. The van der Waals surface area contributed by atoms with Crippen molar-refractivity contribution in [1.82, 2.24) is 19.6 Å². The standard InChI is InChI=1S/C14H16N6O2/c1-14(2,3)18-12-11(17-13-15-8-16-19(12)13)9-4-6-10(7-5-9)20(21)22/h4-8,18H,1-3H3,(H,15,16,17). The number of nitro groups is 1. The van der Waals surface area contributed by atoms with Crippen LogP contribution in [0.2, 0.25) is 0 Å². The van der Waals surface area contributed by atoms with Crippen LogP contribution in [0.25, 0.3) is 17.0 Å². The molecule has 0 saturated heterocycles.